The molecule has 34 heavy (non-hydrogen) atoms. The molecule has 4 heterocycles. The average Bonchev–Trinajstić information content (AvgIpc) is 3.38. The number of hydrogen-bond acceptors (Lipinski definition) is 6. The number of nitrogens with one attached hydrogen (secondary N) is 3. The van der Waals surface area contributed by atoms with E-state index in [1.54, 1.807) is 35.9 Å². The number of carbonyl (C=O) groups excluding carboxylic acids is 1. The first-order valence-corrected chi connectivity index (χ1v) is 10.3. The highest BCUT2D eigenvalue weighted by atomic mass is 19.4. The van der Waals surface area contributed by atoms with Crippen LogP contribution >= 0.6 is 0 Å². The minimum absolute atomic E-state index is 0.354. The van der Waals surface area contributed by atoms with E-state index in [1.807, 2.05) is 40.9 Å². The normalized spacial score (nSPS) is 13.5. The van der Waals surface area contributed by atoms with Gasteiger partial charge < -0.3 is 16.1 Å². The largest absolute Gasteiger partial charge is 0.405 e. The van der Waals surface area contributed by atoms with Crippen LogP contribution in [0.2, 0.25) is 0 Å². The van der Waals surface area contributed by atoms with E-state index in [2.05, 4.69) is 25.7 Å². The van der Waals surface area contributed by atoms with Gasteiger partial charge in [0.25, 0.3) is 0 Å². The van der Waals surface area contributed by atoms with Crippen molar-refractivity contribution in [3.8, 4) is 22.6 Å². The molecule has 2 amide bonds. The number of halogens is 3. The number of fused-ring (bicyclic) bond motifs is 2. The lowest BCUT2D eigenvalue weighted by Gasteiger charge is -2.11. The number of hydrogen-bond donors (Lipinski definition) is 3. The molecule has 0 saturated heterocycles. The average molecular weight is 468 g/mol. The van der Waals surface area contributed by atoms with Crippen molar-refractivity contribution in [3.63, 3.8) is 0 Å². The number of carbonyl (C=O) groups is 1. The molecule has 0 spiro atoms. The van der Waals surface area contributed by atoms with Gasteiger partial charge >= 0.3 is 12.2 Å². The van der Waals surface area contributed by atoms with Crippen LogP contribution in [-0.4, -0.2) is 50.2 Å². The lowest BCUT2D eigenvalue weighted by atomic mass is 10.1. The molecule has 174 valence electrons. The van der Waals surface area contributed by atoms with Gasteiger partial charge in [0.15, 0.2) is 5.82 Å². The van der Waals surface area contributed by atoms with E-state index in [4.69, 9.17) is 0 Å². The van der Waals surface area contributed by atoms with Crippen LogP contribution in [0.1, 0.15) is 5.56 Å². The molecule has 0 saturated carbocycles. The fraction of sp³-hybridized carbons (Fsp3) is 0.182. The lowest BCUT2D eigenvalue weighted by molar-refractivity contribution is -0.122. The van der Waals surface area contributed by atoms with Gasteiger partial charge in [0.2, 0.25) is 0 Å². The van der Waals surface area contributed by atoms with Crippen molar-refractivity contribution >= 4 is 23.2 Å². The van der Waals surface area contributed by atoms with E-state index >= 15 is 0 Å². The second kappa shape index (κ2) is 8.30. The minimum atomic E-state index is -4.48. The van der Waals surface area contributed by atoms with Crippen molar-refractivity contribution in [2.45, 2.75) is 12.7 Å². The molecule has 1 aliphatic rings. The number of hydrazine groups is 1. The highest BCUT2D eigenvalue weighted by Gasteiger charge is 2.27. The first-order valence-electron chi connectivity index (χ1n) is 10.3. The molecule has 0 unspecified atom stereocenters. The van der Waals surface area contributed by atoms with E-state index in [9.17, 15) is 18.0 Å². The monoisotopic (exact) mass is 468 g/mol. The third-order valence-corrected chi connectivity index (χ3v) is 5.21. The summed E-state index contributed by atoms with van der Waals surface area (Å²) in [6, 6.07) is 9.59. The smallest absolute Gasteiger partial charge is 0.329 e. The topological polar surface area (TPSA) is 99.5 Å². The summed E-state index contributed by atoms with van der Waals surface area (Å²) in [4.78, 5) is 25.3. The summed E-state index contributed by atoms with van der Waals surface area (Å²) in [5.41, 5.74) is 7.51. The highest BCUT2D eigenvalue weighted by Crippen LogP contribution is 2.28. The van der Waals surface area contributed by atoms with Gasteiger partial charge in [-0.3, -0.25) is 4.40 Å². The number of nitrogens with zero attached hydrogens (tertiary/aromatic N) is 5. The van der Waals surface area contributed by atoms with Gasteiger partial charge in [-0.2, -0.15) is 13.2 Å². The van der Waals surface area contributed by atoms with Crippen LogP contribution in [0.25, 0.3) is 28.3 Å². The van der Waals surface area contributed by atoms with Crippen molar-refractivity contribution in [3.05, 3.63) is 60.6 Å². The number of alkyl halides is 3. The van der Waals surface area contributed by atoms with Crippen LogP contribution < -0.4 is 16.1 Å². The Bertz CT molecular complexity index is 1380. The van der Waals surface area contributed by atoms with Gasteiger partial charge in [0, 0.05) is 48.4 Å². The van der Waals surface area contributed by atoms with Crippen molar-refractivity contribution in [2.24, 2.45) is 0 Å². The molecule has 3 N–H and O–H groups in total. The Kier molecular flexibility index (Phi) is 5.28. The van der Waals surface area contributed by atoms with E-state index in [0.29, 0.717) is 17.2 Å². The maximum atomic E-state index is 12.3. The molecule has 0 bridgehead atoms. The van der Waals surface area contributed by atoms with Crippen molar-refractivity contribution in [1.29, 1.82) is 0 Å². The van der Waals surface area contributed by atoms with Crippen LogP contribution in [0.4, 0.5) is 29.5 Å². The highest BCUT2D eigenvalue weighted by molar-refractivity contribution is 5.90. The fourth-order valence-corrected chi connectivity index (χ4v) is 3.68. The number of anilines is 2. The van der Waals surface area contributed by atoms with Gasteiger partial charge in [0.1, 0.15) is 18.0 Å². The molecule has 0 aliphatic carbocycles. The molecule has 9 nitrogen and oxygen atoms in total. The summed E-state index contributed by atoms with van der Waals surface area (Å²) < 4.78 is 38.8. The van der Waals surface area contributed by atoms with Crippen LogP contribution in [0.3, 0.4) is 0 Å². The van der Waals surface area contributed by atoms with E-state index in [0.717, 1.165) is 34.7 Å². The number of benzene rings is 1. The Morgan fingerprint density at radius 2 is 2.00 bits per heavy atom. The Hall–Kier alpha value is -4.19. The summed E-state index contributed by atoms with van der Waals surface area (Å²) in [5.74, 6) is 1.35. The third kappa shape index (κ3) is 4.48. The van der Waals surface area contributed by atoms with Crippen LogP contribution in [0.5, 0.6) is 0 Å². The number of pyridine rings is 1. The Labute approximate surface area is 191 Å². The standard InChI is InChI=1S/C22H19F3N8O/c1-32-11-15-9-27-19(30-20(15)31-32)14-5-6-33-17(10-26-18(33)8-14)13-3-2-4-16(7-13)29-21(34)28-12-22(23,24)25/h2-10H,11-12H2,1H3,(H,27,30,31)(H2,28,29,34). The maximum absolute atomic E-state index is 12.3. The van der Waals surface area contributed by atoms with Gasteiger partial charge in [-0.05, 0) is 24.3 Å². The predicted octanol–water partition coefficient (Wildman–Crippen LogP) is 3.91. The second-order valence-electron chi connectivity index (χ2n) is 7.83. The maximum Gasteiger partial charge on any atom is 0.405 e. The molecule has 0 atom stereocenters. The quantitative estimate of drug-likeness (QED) is 0.420. The van der Waals surface area contributed by atoms with Crippen LogP contribution in [0.15, 0.2) is 55.0 Å². The molecular formula is C22H19F3N8O. The van der Waals surface area contributed by atoms with Gasteiger partial charge in [-0.1, -0.05) is 12.1 Å². The van der Waals surface area contributed by atoms with E-state index in [-0.39, 0.29) is 0 Å². The second-order valence-corrected chi connectivity index (χ2v) is 7.83. The first kappa shape index (κ1) is 21.6. The number of amides is 2. The van der Waals surface area contributed by atoms with Crippen molar-refractivity contribution in [2.75, 3.05) is 24.3 Å². The lowest BCUT2D eigenvalue weighted by Crippen LogP contribution is -2.36. The fourth-order valence-electron chi connectivity index (χ4n) is 3.68. The third-order valence-electron chi connectivity index (χ3n) is 5.21. The number of rotatable bonds is 4. The first-order chi connectivity index (χ1) is 16.2. The van der Waals surface area contributed by atoms with Gasteiger partial charge in [-0.15, -0.1) is 0 Å². The summed E-state index contributed by atoms with van der Waals surface area (Å²) in [6.45, 7) is -0.676. The van der Waals surface area contributed by atoms with E-state index in [1.165, 1.54) is 0 Å². The van der Waals surface area contributed by atoms with Crippen LogP contribution in [0, 0.1) is 0 Å². The summed E-state index contributed by atoms with van der Waals surface area (Å²) in [7, 11) is 1.93. The van der Waals surface area contributed by atoms with E-state index < -0.39 is 18.8 Å². The zero-order chi connectivity index (χ0) is 23.9. The predicted molar refractivity (Wildman–Crippen MR) is 120 cm³/mol. The van der Waals surface area contributed by atoms with Gasteiger partial charge in [-0.25, -0.2) is 24.8 Å². The molecule has 0 fully saturated rings. The molecule has 3 aromatic heterocycles. The van der Waals surface area contributed by atoms with Crippen molar-refractivity contribution in [1.82, 2.24) is 29.7 Å². The Morgan fingerprint density at radius 3 is 2.82 bits per heavy atom. The molecule has 0 radical (unpaired) electrons. The SMILES string of the molecule is CN1Cc2cnc(-c3ccn4c(-c5cccc(NC(=O)NCC(F)(F)F)c5)cnc4c3)nc2N1. The molecule has 5 rings (SSSR count). The number of aromatic nitrogens is 4. The summed E-state index contributed by atoms with van der Waals surface area (Å²) >= 11 is 0. The molecule has 1 aromatic carbocycles. The summed E-state index contributed by atoms with van der Waals surface area (Å²) in [5, 5.41) is 6.12. The zero-order valence-corrected chi connectivity index (χ0v) is 17.9. The molecule has 4 aromatic rings. The minimum Gasteiger partial charge on any atom is -0.329 e. The molecule has 1 aliphatic heterocycles. The zero-order valence-electron chi connectivity index (χ0n) is 17.9. The summed E-state index contributed by atoms with van der Waals surface area (Å²) in [6.07, 6.45) is 0.853. The van der Waals surface area contributed by atoms with Crippen LogP contribution in [-0.2, 0) is 6.54 Å². The van der Waals surface area contributed by atoms with Crippen molar-refractivity contribution < 1.29 is 18.0 Å². The number of urea groups is 1. The number of imidazole rings is 1. The molecular weight excluding hydrogens is 449 g/mol. The van der Waals surface area contributed by atoms with Gasteiger partial charge in [0.05, 0.1) is 11.9 Å². The Balaban J connectivity index is 1.38. The Morgan fingerprint density at radius 1 is 1.15 bits per heavy atom. The molecule has 12 heteroatoms.